The molecule has 0 aliphatic heterocycles. The van der Waals surface area contributed by atoms with Crippen LogP contribution in [-0.2, 0) is 19.1 Å². The molecule has 24 heavy (non-hydrogen) atoms. The lowest BCUT2D eigenvalue weighted by molar-refractivity contribution is -0.149. The highest BCUT2D eigenvalue weighted by molar-refractivity contribution is 5.93. The Kier molecular flexibility index (Phi) is 11.8. The van der Waals surface area contributed by atoms with Crippen LogP contribution in [0.25, 0.3) is 0 Å². The van der Waals surface area contributed by atoms with Gasteiger partial charge in [0.25, 0.3) is 0 Å². The predicted molar refractivity (Wildman–Crippen MR) is 95.4 cm³/mol. The minimum atomic E-state index is -1.15. The largest absolute Gasteiger partial charge is 0.467 e. The molecule has 7 heteroatoms. The van der Waals surface area contributed by atoms with Gasteiger partial charge < -0.3 is 20.7 Å². The van der Waals surface area contributed by atoms with Crippen LogP contribution in [0.15, 0.2) is 13.2 Å². The van der Waals surface area contributed by atoms with Crippen molar-refractivity contribution in [1.29, 1.82) is 0 Å². The minimum Gasteiger partial charge on any atom is -0.467 e. The summed E-state index contributed by atoms with van der Waals surface area (Å²) in [5.41, 5.74) is -1.15. The SMILES string of the molecule is C=C.CNC(C)C(=O)NC(CC(C)C)C(=O)NC(C)(C)C(=O)OC. The van der Waals surface area contributed by atoms with Gasteiger partial charge in [0.15, 0.2) is 0 Å². The zero-order valence-electron chi connectivity index (χ0n) is 16.0. The van der Waals surface area contributed by atoms with Gasteiger partial charge in [0.05, 0.1) is 13.2 Å². The summed E-state index contributed by atoms with van der Waals surface area (Å²) >= 11 is 0. The second-order valence-corrected chi connectivity index (χ2v) is 6.31. The van der Waals surface area contributed by atoms with Gasteiger partial charge in [-0.3, -0.25) is 9.59 Å². The maximum Gasteiger partial charge on any atom is 0.330 e. The highest BCUT2D eigenvalue weighted by Crippen LogP contribution is 2.09. The second kappa shape index (κ2) is 11.6. The van der Waals surface area contributed by atoms with E-state index in [1.54, 1.807) is 27.8 Å². The van der Waals surface area contributed by atoms with Crippen molar-refractivity contribution in [3.8, 4) is 0 Å². The summed E-state index contributed by atoms with van der Waals surface area (Å²) < 4.78 is 4.66. The number of hydrogen-bond acceptors (Lipinski definition) is 5. The van der Waals surface area contributed by atoms with Crippen molar-refractivity contribution in [3.05, 3.63) is 13.2 Å². The Morgan fingerprint density at radius 2 is 1.58 bits per heavy atom. The molecule has 7 nitrogen and oxygen atoms in total. The van der Waals surface area contributed by atoms with Gasteiger partial charge in [0.2, 0.25) is 11.8 Å². The van der Waals surface area contributed by atoms with E-state index in [1.807, 2.05) is 13.8 Å². The molecule has 2 amide bonds. The molecule has 0 saturated carbocycles. The fourth-order valence-electron chi connectivity index (χ4n) is 1.83. The van der Waals surface area contributed by atoms with E-state index in [0.29, 0.717) is 6.42 Å². The molecule has 140 valence electrons. The van der Waals surface area contributed by atoms with Crippen molar-refractivity contribution in [2.45, 2.75) is 58.7 Å². The van der Waals surface area contributed by atoms with Gasteiger partial charge in [0, 0.05) is 0 Å². The van der Waals surface area contributed by atoms with Crippen molar-refractivity contribution < 1.29 is 19.1 Å². The van der Waals surface area contributed by atoms with Crippen molar-refractivity contribution in [2.24, 2.45) is 5.92 Å². The summed E-state index contributed by atoms with van der Waals surface area (Å²) in [5.74, 6) is -0.999. The first-order chi connectivity index (χ1) is 11.0. The highest BCUT2D eigenvalue weighted by Gasteiger charge is 2.34. The van der Waals surface area contributed by atoms with Crippen molar-refractivity contribution in [2.75, 3.05) is 14.2 Å². The molecular formula is C17H33N3O4. The molecule has 2 unspecified atom stereocenters. The number of rotatable bonds is 8. The smallest absolute Gasteiger partial charge is 0.330 e. The number of amides is 2. The van der Waals surface area contributed by atoms with Gasteiger partial charge >= 0.3 is 5.97 Å². The monoisotopic (exact) mass is 343 g/mol. The molecule has 3 N–H and O–H groups in total. The fourth-order valence-corrected chi connectivity index (χ4v) is 1.83. The number of esters is 1. The maximum atomic E-state index is 12.4. The van der Waals surface area contributed by atoms with Crippen molar-refractivity contribution >= 4 is 17.8 Å². The summed E-state index contributed by atoms with van der Waals surface area (Å²) in [4.78, 5) is 36.0. The molecule has 2 atom stereocenters. The lowest BCUT2D eigenvalue weighted by Gasteiger charge is -2.28. The molecule has 0 fully saturated rings. The van der Waals surface area contributed by atoms with Crippen LogP contribution in [0.4, 0.5) is 0 Å². The van der Waals surface area contributed by atoms with E-state index < -0.39 is 29.5 Å². The van der Waals surface area contributed by atoms with E-state index in [1.165, 1.54) is 7.11 Å². The van der Waals surface area contributed by atoms with Gasteiger partial charge in [-0.1, -0.05) is 13.8 Å². The average Bonchev–Trinajstić information content (AvgIpc) is 2.53. The molecule has 0 bridgehead atoms. The number of ether oxygens (including phenoxy) is 1. The van der Waals surface area contributed by atoms with Crippen molar-refractivity contribution in [1.82, 2.24) is 16.0 Å². The standard InChI is InChI=1S/C15H29N3O4.C2H4/c1-9(2)8-11(17-12(19)10(3)16-6)13(20)18-15(4,5)14(21)22-7;1-2/h9-11,16H,8H2,1-7H3,(H,17,19)(H,18,20);1-2H2. The number of likely N-dealkylation sites (N-methyl/N-ethyl adjacent to an activating group) is 1. The Hall–Kier alpha value is -1.89. The van der Waals surface area contributed by atoms with Gasteiger partial charge in [-0.2, -0.15) is 0 Å². The third-order valence-electron chi connectivity index (χ3n) is 3.30. The molecule has 0 saturated heterocycles. The Morgan fingerprint density at radius 3 is 1.96 bits per heavy atom. The summed E-state index contributed by atoms with van der Waals surface area (Å²) in [6.45, 7) is 14.7. The summed E-state index contributed by atoms with van der Waals surface area (Å²) in [7, 11) is 2.93. The molecule has 0 aromatic heterocycles. The van der Waals surface area contributed by atoms with Crippen molar-refractivity contribution in [3.63, 3.8) is 0 Å². The fraction of sp³-hybridized carbons (Fsp3) is 0.706. The van der Waals surface area contributed by atoms with E-state index in [4.69, 9.17) is 0 Å². The quantitative estimate of drug-likeness (QED) is 0.451. The van der Waals surface area contributed by atoms with E-state index in [2.05, 4.69) is 33.8 Å². The zero-order valence-corrected chi connectivity index (χ0v) is 16.0. The highest BCUT2D eigenvalue weighted by atomic mass is 16.5. The summed E-state index contributed by atoms with van der Waals surface area (Å²) in [6, 6.07) is -1.11. The molecule has 0 aliphatic carbocycles. The first-order valence-corrected chi connectivity index (χ1v) is 7.93. The first-order valence-electron chi connectivity index (χ1n) is 7.93. The molecule has 0 aliphatic rings. The van der Waals surface area contributed by atoms with Gasteiger partial charge in [0.1, 0.15) is 11.6 Å². The van der Waals surface area contributed by atoms with Gasteiger partial charge in [-0.05, 0) is 40.2 Å². The van der Waals surface area contributed by atoms with Crippen LogP contribution in [-0.4, -0.2) is 49.6 Å². The molecule has 0 aromatic carbocycles. The summed E-state index contributed by atoms with van der Waals surface area (Å²) in [5, 5.41) is 8.16. The summed E-state index contributed by atoms with van der Waals surface area (Å²) in [6.07, 6.45) is 0.477. The second-order valence-electron chi connectivity index (χ2n) is 6.31. The van der Waals surface area contributed by atoms with Crippen LogP contribution in [0.2, 0.25) is 0 Å². The lowest BCUT2D eigenvalue weighted by Crippen LogP contribution is -2.58. The normalized spacial score (nSPS) is 13.2. The Bertz CT molecular complexity index is 422. The van der Waals surface area contributed by atoms with E-state index >= 15 is 0 Å². The molecule has 0 heterocycles. The number of nitrogens with one attached hydrogen (secondary N) is 3. The van der Waals surface area contributed by atoms with Crippen LogP contribution in [0.5, 0.6) is 0 Å². The van der Waals surface area contributed by atoms with Crippen LogP contribution in [0, 0.1) is 5.92 Å². The third kappa shape index (κ3) is 8.67. The number of carbonyl (C=O) groups excluding carboxylic acids is 3. The molecule has 0 spiro atoms. The Balaban J connectivity index is 0. The van der Waals surface area contributed by atoms with Crippen LogP contribution < -0.4 is 16.0 Å². The molecule has 0 aromatic rings. The van der Waals surface area contributed by atoms with Crippen LogP contribution in [0.1, 0.15) is 41.0 Å². The zero-order chi connectivity index (χ0) is 19.5. The number of methoxy groups -OCH3 is 1. The first kappa shape index (κ1) is 24.4. The number of carbonyl (C=O) groups is 3. The van der Waals surface area contributed by atoms with Crippen LogP contribution in [0.3, 0.4) is 0 Å². The van der Waals surface area contributed by atoms with Gasteiger partial charge in [-0.15, -0.1) is 13.2 Å². The predicted octanol–water partition coefficient (Wildman–Crippen LogP) is 0.995. The third-order valence-corrected chi connectivity index (χ3v) is 3.30. The maximum absolute atomic E-state index is 12.4. The molecule has 0 radical (unpaired) electrons. The van der Waals surface area contributed by atoms with E-state index in [9.17, 15) is 14.4 Å². The minimum absolute atomic E-state index is 0.210. The van der Waals surface area contributed by atoms with E-state index in [0.717, 1.165) is 0 Å². The number of hydrogen-bond donors (Lipinski definition) is 3. The average molecular weight is 343 g/mol. The molecular weight excluding hydrogens is 310 g/mol. The lowest BCUT2D eigenvalue weighted by atomic mass is 10.00. The van der Waals surface area contributed by atoms with Crippen LogP contribution >= 0.6 is 0 Å². The Labute approximate surface area is 145 Å². The van der Waals surface area contributed by atoms with Gasteiger partial charge in [-0.25, -0.2) is 4.79 Å². The van der Waals surface area contributed by atoms with E-state index in [-0.39, 0.29) is 11.8 Å². The Morgan fingerprint density at radius 1 is 1.08 bits per heavy atom. The molecule has 0 rings (SSSR count). The topological polar surface area (TPSA) is 96.5 Å².